The number of fused-ring (bicyclic) bond motifs is 1. The van der Waals surface area contributed by atoms with Crippen LogP contribution in [0, 0.1) is 0 Å². The van der Waals surface area contributed by atoms with Gasteiger partial charge in [-0.05, 0) is 34.9 Å². The Morgan fingerprint density at radius 2 is 1.54 bits per heavy atom. The molecule has 1 heterocycles. The molecule has 0 N–H and O–H groups in total. The first-order valence-electron chi connectivity index (χ1n) is 8.86. The van der Waals surface area contributed by atoms with Crippen molar-refractivity contribution in [3.05, 3.63) is 101 Å². The number of amides is 1. The van der Waals surface area contributed by atoms with E-state index < -0.39 is 0 Å². The van der Waals surface area contributed by atoms with E-state index in [-0.39, 0.29) is 11.9 Å². The zero-order chi connectivity index (χ0) is 18.1. The van der Waals surface area contributed by atoms with Gasteiger partial charge in [-0.3, -0.25) is 4.79 Å². The Kier molecular flexibility index (Phi) is 4.21. The fourth-order valence-electron chi connectivity index (χ4n) is 3.63. The molecule has 0 radical (unpaired) electrons. The Hall–Kier alpha value is -3.07. The summed E-state index contributed by atoms with van der Waals surface area (Å²) in [7, 11) is 4.05. The average molecular weight is 342 g/mol. The van der Waals surface area contributed by atoms with Crippen molar-refractivity contribution in [1.29, 1.82) is 0 Å². The van der Waals surface area contributed by atoms with E-state index in [2.05, 4.69) is 35.2 Å². The first kappa shape index (κ1) is 16.4. The second kappa shape index (κ2) is 6.68. The van der Waals surface area contributed by atoms with Crippen molar-refractivity contribution in [3.8, 4) is 0 Å². The topological polar surface area (TPSA) is 23.6 Å². The Labute approximate surface area is 154 Å². The summed E-state index contributed by atoms with van der Waals surface area (Å²) >= 11 is 0. The van der Waals surface area contributed by atoms with Crippen LogP contribution in [0.2, 0.25) is 0 Å². The van der Waals surface area contributed by atoms with E-state index in [9.17, 15) is 4.79 Å². The smallest absolute Gasteiger partial charge is 0.255 e. The van der Waals surface area contributed by atoms with Gasteiger partial charge in [-0.1, -0.05) is 60.7 Å². The number of rotatable bonds is 4. The van der Waals surface area contributed by atoms with Crippen LogP contribution in [-0.4, -0.2) is 24.9 Å². The maximum Gasteiger partial charge on any atom is 0.255 e. The Morgan fingerprint density at radius 3 is 2.19 bits per heavy atom. The number of nitrogens with zero attached hydrogens (tertiary/aromatic N) is 2. The van der Waals surface area contributed by atoms with Gasteiger partial charge in [-0.2, -0.15) is 0 Å². The molecule has 1 aliphatic rings. The third-order valence-corrected chi connectivity index (χ3v) is 4.96. The van der Waals surface area contributed by atoms with Crippen LogP contribution < -0.4 is 4.90 Å². The highest BCUT2D eigenvalue weighted by molar-refractivity contribution is 6.00. The quantitative estimate of drug-likeness (QED) is 0.697. The summed E-state index contributed by atoms with van der Waals surface area (Å²) in [5.74, 6) is 0.100. The van der Waals surface area contributed by atoms with Gasteiger partial charge in [0.2, 0.25) is 0 Å². The molecule has 0 saturated heterocycles. The lowest BCUT2D eigenvalue weighted by atomic mass is 9.97. The second-order valence-corrected chi connectivity index (χ2v) is 6.90. The van der Waals surface area contributed by atoms with Crippen LogP contribution in [0.3, 0.4) is 0 Å². The van der Waals surface area contributed by atoms with Gasteiger partial charge >= 0.3 is 0 Å². The summed E-state index contributed by atoms with van der Waals surface area (Å²) in [5.41, 5.74) is 5.29. The number of carbonyl (C=O) groups excluding carboxylic acids is 1. The lowest BCUT2D eigenvalue weighted by molar-refractivity contribution is 0.0736. The van der Waals surface area contributed by atoms with Crippen LogP contribution >= 0.6 is 0 Å². The number of hydrogen-bond donors (Lipinski definition) is 0. The number of carbonyl (C=O) groups is 1. The minimum absolute atomic E-state index is 0.0567. The van der Waals surface area contributed by atoms with Gasteiger partial charge in [0.25, 0.3) is 5.91 Å². The van der Waals surface area contributed by atoms with Gasteiger partial charge in [0, 0.05) is 31.9 Å². The van der Waals surface area contributed by atoms with Crippen molar-refractivity contribution in [2.45, 2.75) is 12.6 Å². The predicted octanol–water partition coefficient (Wildman–Crippen LogP) is 4.50. The van der Waals surface area contributed by atoms with E-state index in [1.807, 2.05) is 67.5 Å². The molecule has 3 aromatic carbocycles. The van der Waals surface area contributed by atoms with Crippen LogP contribution in [0.25, 0.3) is 0 Å². The molecule has 0 bridgehead atoms. The summed E-state index contributed by atoms with van der Waals surface area (Å²) in [4.78, 5) is 17.2. The molecule has 3 nitrogen and oxygen atoms in total. The standard InChI is InChI=1S/C23H22N2O/c1-24(2)19-13-14-20-21(15-19)22(18-11-7-4-8-12-18)25(23(20)26)16-17-9-5-3-6-10-17/h3-15,22H,16H2,1-2H3/t22-/m0/s1. The minimum Gasteiger partial charge on any atom is -0.378 e. The zero-order valence-electron chi connectivity index (χ0n) is 15.1. The molecule has 0 spiro atoms. The lowest BCUT2D eigenvalue weighted by Crippen LogP contribution is -2.28. The molecular formula is C23H22N2O. The first-order valence-corrected chi connectivity index (χ1v) is 8.86. The van der Waals surface area contributed by atoms with Crippen LogP contribution in [0.4, 0.5) is 5.69 Å². The third-order valence-electron chi connectivity index (χ3n) is 4.96. The van der Waals surface area contributed by atoms with Crippen molar-refractivity contribution in [2.75, 3.05) is 19.0 Å². The van der Waals surface area contributed by atoms with Gasteiger partial charge in [0.05, 0.1) is 6.04 Å². The highest BCUT2D eigenvalue weighted by atomic mass is 16.2. The molecule has 0 fully saturated rings. The molecule has 3 heteroatoms. The second-order valence-electron chi connectivity index (χ2n) is 6.90. The molecule has 0 saturated carbocycles. The normalized spacial score (nSPS) is 15.8. The summed E-state index contributed by atoms with van der Waals surface area (Å²) in [6.07, 6.45) is 0. The molecule has 4 rings (SSSR count). The molecule has 0 unspecified atom stereocenters. The van der Waals surface area contributed by atoms with E-state index in [1.165, 1.54) is 0 Å². The van der Waals surface area contributed by atoms with E-state index >= 15 is 0 Å². The third kappa shape index (κ3) is 2.86. The molecule has 0 aromatic heterocycles. The molecule has 26 heavy (non-hydrogen) atoms. The predicted molar refractivity (Wildman–Crippen MR) is 105 cm³/mol. The van der Waals surface area contributed by atoms with Crippen LogP contribution in [-0.2, 0) is 6.54 Å². The first-order chi connectivity index (χ1) is 12.6. The summed E-state index contributed by atoms with van der Waals surface area (Å²) in [5, 5.41) is 0. The van der Waals surface area contributed by atoms with Crippen molar-refractivity contribution in [2.24, 2.45) is 0 Å². The van der Waals surface area contributed by atoms with Gasteiger partial charge < -0.3 is 9.80 Å². The Bertz CT molecular complexity index is 919. The molecule has 130 valence electrons. The molecule has 0 aliphatic carbocycles. The van der Waals surface area contributed by atoms with Gasteiger partial charge in [-0.25, -0.2) is 0 Å². The molecule has 1 atom stereocenters. The van der Waals surface area contributed by atoms with Gasteiger partial charge in [-0.15, -0.1) is 0 Å². The Balaban J connectivity index is 1.81. The fraction of sp³-hybridized carbons (Fsp3) is 0.174. The van der Waals surface area contributed by atoms with Crippen LogP contribution in [0.5, 0.6) is 0 Å². The van der Waals surface area contributed by atoms with Crippen molar-refractivity contribution in [1.82, 2.24) is 4.90 Å². The summed E-state index contributed by atoms with van der Waals surface area (Å²) in [6.45, 7) is 0.602. The molecule has 1 aliphatic heterocycles. The monoisotopic (exact) mass is 342 g/mol. The fourth-order valence-corrected chi connectivity index (χ4v) is 3.63. The summed E-state index contributed by atoms with van der Waals surface area (Å²) in [6, 6.07) is 26.6. The van der Waals surface area contributed by atoms with E-state index in [1.54, 1.807) is 0 Å². The minimum atomic E-state index is -0.0567. The highest BCUT2D eigenvalue weighted by Crippen LogP contribution is 2.40. The van der Waals surface area contributed by atoms with E-state index in [0.29, 0.717) is 6.54 Å². The van der Waals surface area contributed by atoms with E-state index in [0.717, 1.165) is 27.9 Å². The van der Waals surface area contributed by atoms with Gasteiger partial charge in [0.15, 0.2) is 0 Å². The zero-order valence-corrected chi connectivity index (χ0v) is 15.1. The molecular weight excluding hydrogens is 320 g/mol. The van der Waals surface area contributed by atoms with Gasteiger partial charge in [0.1, 0.15) is 0 Å². The van der Waals surface area contributed by atoms with Crippen LogP contribution in [0.1, 0.15) is 33.1 Å². The maximum atomic E-state index is 13.2. The van der Waals surface area contributed by atoms with E-state index in [4.69, 9.17) is 0 Å². The number of hydrogen-bond acceptors (Lipinski definition) is 2. The van der Waals surface area contributed by atoms with Crippen molar-refractivity contribution in [3.63, 3.8) is 0 Å². The highest BCUT2D eigenvalue weighted by Gasteiger charge is 2.37. The van der Waals surface area contributed by atoms with Crippen molar-refractivity contribution >= 4 is 11.6 Å². The largest absolute Gasteiger partial charge is 0.378 e. The summed E-state index contributed by atoms with van der Waals surface area (Å²) < 4.78 is 0. The maximum absolute atomic E-state index is 13.2. The Morgan fingerprint density at radius 1 is 0.885 bits per heavy atom. The SMILES string of the molecule is CN(C)c1ccc2c(c1)[C@H](c1ccccc1)N(Cc1ccccc1)C2=O. The molecule has 3 aromatic rings. The average Bonchev–Trinajstić information content (AvgIpc) is 2.95. The molecule has 1 amide bonds. The van der Waals surface area contributed by atoms with Crippen LogP contribution in [0.15, 0.2) is 78.9 Å². The van der Waals surface area contributed by atoms with Crippen molar-refractivity contribution < 1.29 is 4.79 Å². The number of anilines is 1. The lowest BCUT2D eigenvalue weighted by Gasteiger charge is -2.26. The number of benzene rings is 3.